The van der Waals surface area contributed by atoms with E-state index in [2.05, 4.69) is 5.32 Å². The van der Waals surface area contributed by atoms with Crippen molar-refractivity contribution in [1.29, 1.82) is 0 Å². The number of hydrogen-bond donors (Lipinski definition) is 2. The van der Waals surface area contributed by atoms with Crippen molar-refractivity contribution < 1.29 is 13.2 Å². The molecule has 0 unspecified atom stereocenters. The van der Waals surface area contributed by atoms with Crippen molar-refractivity contribution in [2.24, 2.45) is 5.14 Å². The second-order valence-electron chi connectivity index (χ2n) is 4.76. The predicted molar refractivity (Wildman–Crippen MR) is 92.0 cm³/mol. The molecule has 0 radical (unpaired) electrons. The van der Waals surface area contributed by atoms with Crippen LogP contribution in [0.15, 0.2) is 46.2 Å². The van der Waals surface area contributed by atoms with Gasteiger partial charge in [-0.05, 0) is 36.6 Å². The van der Waals surface area contributed by atoms with Gasteiger partial charge in [-0.1, -0.05) is 0 Å². The van der Waals surface area contributed by atoms with Crippen molar-refractivity contribution >= 4 is 44.3 Å². The number of hydrogen-bond acceptors (Lipinski definition) is 5. The highest BCUT2D eigenvalue weighted by molar-refractivity contribution is 7.91. The van der Waals surface area contributed by atoms with Crippen molar-refractivity contribution in [3.63, 3.8) is 0 Å². The van der Waals surface area contributed by atoms with E-state index in [1.807, 2.05) is 40.5 Å². The van der Waals surface area contributed by atoms with Gasteiger partial charge in [0.05, 0.1) is 11.4 Å². The van der Waals surface area contributed by atoms with E-state index in [4.69, 9.17) is 5.14 Å². The summed E-state index contributed by atoms with van der Waals surface area (Å²) in [6, 6.07) is 6.99. The van der Waals surface area contributed by atoms with Crippen LogP contribution in [0.25, 0.3) is 5.69 Å². The molecule has 0 atom stereocenters. The van der Waals surface area contributed by atoms with E-state index in [0.29, 0.717) is 15.4 Å². The topological polar surface area (TPSA) is 94.2 Å². The number of nitrogens with zero attached hydrogens (tertiary/aromatic N) is 1. The van der Waals surface area contributed by atoms with Gasteiger partial charge in [0.1, 0.15) is 9.09 Å². The highest BCUT2D eigenvalue weighted by atomic mass is 32.2. The largest absolute Gasteiger partial charge is 0.322 e. The highest BCUT2D eigenvalue weighted by Gasteiger charge is 2.19. The molecule has 0 bridgehead atoms. The summed E-state index contributed by atoms with van der Waals surface area (Å²) in [7, 11) is -3.77. The summed E-state index contributed by atoms with van der Waals surface area (Å²) in [5.74, 6) is -0.287. The Labute approximate surface area is 141 Å². The van der Waals surface area contributed by atoms with Crippen molar-refractivity contribution in [3.8, 4) is 5.69 Å². The third-order valence-electron chi connectivity index (χ3n) is 3.16. The fourth-order valence-corrected chi connectivity index (χ4v) is 4.67. The Morgan fingerprint density at radius 1 is 1.30 bits per heavy atom. The number of primary sulfonamides is 1. The maximum atomic E-state index is 12.5. The number of amides is 1. The smallest absolute Gasteiger partial charge is 0.267 e. The van der Waals surface area contributed by atoms with Gasteiger partial charge in [-0.3, -0.25) is 4.79 Å². The molecule has 9 heteroatoms. The first kappa shape index (κ1) is 15.9. The van der Waals surface area contributed by atoms with Gasteiger partial charge in [0.15, 0.2) is 0 Å². The minimum absolute atomic E-state index is 0.0297. The lowest BCUT2D eigenvalue weighted by atomic mass is 10.3. The molecule has 3 heterocycles. The van der Waals surface area contributed by atoms with E-state index in [1.54, 1.807) is 6.92 Å². The Hall–Kier alpha value is -1.94. The number of aryl methyl sites for hydroxylation is 1. The number of nitrogens with two attached hydrogens (primary N) is 1. The Balaban J connectivity index is 1.89. The number of carbonyl (C=O) groups excluding carboxylic acids is 1. The summed E-state index contributed by atoms with van der Waals surface area (Å²) in [6.45, 7) is 1.73. The van der Waals surface area contributed by atoms with E-state index in [1.165, 1.54) is 17.4 Å². The second kappa shape index (κ2) is 5.93. The SMILES string of the molecule is Cc1sc(S(N)(=O)=O)cc1NC(=O)c1sccc1-n1cccc1. The van der Waals surface area contributed by atoms with Crippen molar-refractivity contribution in [2.45, 2.75) is 11.1 Å². The average Bonchev–Trinajstić information content (AvgIpc) is 3.17. The molecule has 23 heavy (non-hydrogen) atoms. The van der Waals surface area contributed by atoms with Crippen LogP contribution < -0.4 is 10.5 Å². The Morgan fingerprint density at radius 2 is 2.00 bits per heavy atom. The molecule has 3 rings (SSSR count). The highest BCUT2D eigenvalue weighted by Crippen LogP contribution is 2.30. The second-order valence-corrected chi connectivity index (χ2v) is 8.72. The summed E-state index contributed by atoms with van der Waals surface area (Å²) in [4.78, 5) is 13.7. The Morgan fingerprint density at radius 3 is 2.61 bits per heavy atom. The van der Waals surface area contributed by atoms with Crippen LogP contribution in [0.3, 0.4) is 0 Å². The standard InChI is InChI=1S/C14H13N3O3S3/c1-9-10(8-12(22-9)23(15,19)20)16-14(18)13-11(4-7-21-13)17-5-2-3-6-17/h2-8H,1H3,(H,16,18)(H2,15,19,20). The maximum Gasteiger partial charge on any atom is 0.267 e. The quantitative estimate of drug-likeness (QED) is 0.742. The number of nitrogens with one attached hydrogen (secondary N) is 1. The third-order valence-corrected chi connectivity index (χ3v) is 6.53. The Bertz CT molecular complexity index is 953. The van der Waals surface area contributed by atoms with Gasteiger partial charge in [0, 0.05) is 17.3 Å². The maximum absolute atomic E-state index is 12.5. The van der Waals surface area contributed by atoms with Gasteiger partial charge < -0.3 is 9.88 Å². The summed E-state index contributed by atoms with van der Waals surface area (Å²) < 4.78 is 24.7. The number of thiophene rings is 2. The molecule has 6 nitrogen and oxygen atoms in total. The lowest BCUT2D eigenvalue weighted by Gasteiger charge is -2.06. The summed E-state index contributed by atoms with van der Waals surface area (Å²) in [6.07, 6.45) is 3.71. The molecule has 0 fully saturated rings. The molecule has 3 N–H and O–H groups in total. The minimum Gasteiger partial charge on any atom is -0.322 e. The van der Waals surface area contributed by atoms with Crippen LogP contribution in [-0.4, -0.2) is 18.9 Å². The first-order valence-corrected chi connectivity index (χ1v) is 9.76. The lowest BCUT2D eigenvalue weighted by molar-refractivity contribution is 0.103. The molecule has 0 saturated carbocycles. The molecular formula is C14H13N3O3S3. The van der Waals surface area contributed by atoms with Crippen LogP contribution in [0.2, 0.25) is 0 Å². The van der Waals surface area contributed by atoms with Crippen molar-refractivity contribution in [1.82, 2.24) is 4.57 Å². The number of rotatable bonds is 4. The van der Waals surface area contributed by atoms with Crippen LogP contribution in [0.4, 0.5) is 5.69 Å². The first-order chi connectivity index (χ1) is 10.9. The van der Waals surface area contributed by atoms with E-state index in [-0.39, 0.29) is 10.1 Å². The van der Waals surface area contributed by atoms with Gasteiger partial charge in [-0.2, -0.15) is 0 Å². The lowest BCUT2D eigenvalue weighted by Crippen LogP contribution is -2.13. The monoisotopic (exact) mass is 367 g/mol. The van der Waals surface area contributed by atoms with Gasteiger partial charge in [-0.25, -0.2) is 13.6 Å². The zero-order chi connectivity index (χ0) is 16.6. The van der Waals surface area contributed by atoms with E-state index < -0.39 is 10.0 Å². The summed E-state index contributed by atoms with van der Waals surface area (Å²) in [5, 5.41) is 9.71. The van der Waals surface area contributed by atoms with E-state index >= 15 is 0 Å². The summed E-state index contributed by atoms with van der Waals surface area (Å²) >= 11 is 2.35. The zero-order valence-electron chi connectivity index (χ0n) is 12.0. The third kappa shape index (κ3) is 3.22. The van der Waals surface area contributed by atoms with E-state index in [9.17, 15) is 13.2 Å². The Kier molecular flexibility index (Phi) is 4.11. The normalized spacial score (nSPS) is 11.6. The fraction of sp³-hybridized carbons (Fsp3) is 0.0714. The zero-order valence-corrected chi connectivity index (χ0v) is 14.5. The van der Waals surface area contributed by atoms with Crippen LogP contribution in [-0.2, 0) is 10.0 Å². The number of aromatic nitrogens is 1. The molecule has 0 aliphatic rings. The fourth-order valence-electron chi connectivity index (χ4n) is 2.07. The molecule has 1 amide bonds. The molecule has 0 aromatic carbocycles. The number of anilines is 1. The number of sulfonamides is 1. The average molecular weight is 367 g/mol. The molecule has 0 aliphatic carbocycles. The molecule has 3 aromatic heterocycles. The van der Waals surface area contributed by atoms with Gasteiger partial charge in [-0.15, -0.1) is 22.7 Å². The number of carbonyl (C=O) groups is 1. The van der Waals surface area contributed by atoms with Gasteiger partial charge in [0.2, 0.25) is 10.0 Å². The van der Waals surface area contributed by atoms with Crippen LogP contribution in [0.5, 0.6) is 0 Å². The van der Waals surface area contributed by atoms with Gasteiger partial charge >= 0.3 is 0 Å². The molecule has 0 spiro atoms. The summed E-state index contributed by atoms with van der Waals surface area (Å²) in [5.41, 5.74) is 1.23. The first-order valence-electron chi connectivity index (χ1n) is 6.51. The van der Waals surface area contributed by atoms with Crippen LogP contribution in [0, 0.1) is 6.92 Å². The predicted octanol–water partition coefficient (Wildman–Crippen LogP) is 2.81. The van der Waals surface area contributed by atoms with E-state index in [0.717, 1.165) is 17.0 Å². The van der Waals surface area contributed by atoms with Crippen molar-refractivity contribution in [3.05, 3.63) is 51.8 Å². The molecule has 3 aromatic rings. The minimum atomic E-state index is -3.77. The van der Waals surface area contributed by atoms with Crippen molar-refractivity contribution in [2.75, 3.05) is 5.32 Å². The molecule has 0 aliphatic heterocycles. The van der Waals surface area contributed by atoms with Crippen LogP contribution in [0.1, 0.15) is 14.5 Å². The molecule has 0 saturated heterocycles. The van der Waals surface area contributed by atoms with Crippen LogP contribution >= 0.6 is 22.7 Å². The molecule has 120 valence electrons. The van der Waals surface area contributed by atoms with Gasteiger partial charge in [0.25, 0.3) is 5.91 Å². The molecular weight excluding hydrogens is 354 g/mol.